The maximum atomic E-state index is 12.9. The van der Waals surface area contributed by atoms with Gasteiger partial charge in [-0.2, -0.15) is 0 Å². The van der Waals surface area contributed by atoms with E-state index in [0.717, 1.165) is 87.5 Å². The number of ether oxygens (including phenoxy) is 11. The number of piperidine rings is 2. The summed E-state index contributed by atoms with van der Waals surface area (Å²) in [6.45, 7) is 39.7. The number of amides is 4. The fourth-order valence-electron chi connectivity index (χ4n) is 14.7. The summed E-state index contributed by atoms with van der Waals surface area (Å²) in [5.74, 6) is 3.91. The van der Waals surface area contributed by atoms with Gasteiger partial charge in [0.05, 0.1) is 68.9 Å². The number of nitrogens with zero attached hydrogens (tertiary/aromatic N) is 10. The van der Waals surface area contributed by atoms with Gasteiger partial charge in [-0.15, -0.1) is 5.47 Å². The number of carbonyl (C=O) groups excluding carboxylic acids is 8. The SMILES string of the molecule is C1=Nc2ccccc2C1.CC(C)(C)OC(=O)N1CCC(c2cccnc2Oc2ccc(C(=O)c3nc4ccccc4[nH]3)cc2)CC1.CC(C)(O)C(C)(C)O.CCOC(=O)c1ccc(Oc2ncccc2Br)cc1.CCOC(=O)c1ccc(Oc2ncccc2C2=CCN(C(=O)OC(C)(C)C)CC2)cc1.CCOC(=O)c1ccc(Oc2ncccc2C2CCN(C(=O)OC(C)(C)C)CC2)cc1.[B]C1=CCN(C(=O)OC(C)(C)C)CC1. The molecule has 2 fully saturated rings. The minimum atomic E-state index is -1.01. The van der Waals surface area contributed by atoms with Crippen LogP contribution in [0.2, 0.25) is 0 Å². The minimum Gasteiger partial charge on any atom is -0.462 e. The fourth-order valence-corrected chi connectivity index (χ4v) is 15.1. The van der Waals surface area contributed by atoms with E-state index in [2.05, 4.69) is 56.9 Å². The summed E-state index contributed by atoms with van der Waals surface area (Å²) in [4.78, 5) is 132. The molecule has 5 aromatic heterocycles. The molecular formula is C115H137BBrN11O21. The Morgan fingerprint density at radius 1 is 0.403 bits per heavy atom. The lowest BCUT2D eigenvalue weighted by Gasteiger charge is -2.33. The zero-order chi connectivity index (χ0) is 108. The largest absolute Gasteiger partial charge is 0.462 e. The van der Waals surface area contributed by atoms with Gasteiger partial charge >= 0.3 is 42.3 Å². The van der Waals surface area contributed by atoms with Crippen LogP contribution in [0.5, 0.6) is 46.5 Å². The maximum absolute atomic E-state index is 12.9. The van der Waals surface area contributed by atoms with Crippen LogP contribution in [0, 0.1) is 0 Å². The molecule has 5 aliphatic heterocycles. The van der Waals surface area contributed by atoms with Gasteiger partial charge in [0.2, 0.25) is 29.3 Å². The highest BCUT2D eigenvalue weighted by molar-refractivity contribution is 9.10. The third-order valence-electron chi connectivity index (χ3n) is 23.1. The molecule has 0 bridgehead atoms. The third kappa shape index (κ3) is 37.6. The van der Waals surface area contributed by atoms with Crippen molar-refractivity contribution in [1.29, 1.82) is 0 Å². The van der Waals surface area contributed by atoms with Crippen molar-refractivity contribution in [1.82, 2.24) is 49.5 Å². The molecule has 5 aliphatic rings. The Morgan fingerprint density at radius 2 is 0.765 bits per heavy atom. The third-order valence-corrected chi connectivity index (χ3v) is 23.7. The average Bonchev–Trinajstić information content (AvgIpc) is 1.57. The number of aliphatic imine (C=N–C) groups is 1. The van der Waals surface area contributed by atoms with Crippen molar-refractivity contribution in [2.75, 3.05) is 72.2 Å². The second-order valence-electron chi connectivity index (χ2n) is 40.1. The number of fused-ring (bicyclic) bond motifs is 2. The molecule has 0 aliphatic carbocycles. The average molecular weight is 2100 g/mol. The van der Waals surface area contributed by atoms with Crippen molar-refractivity contribution in [3.63, 3.8) is 0 Å². The molecule has 11 aromatic rings. The van der Waals surface area contributed by atoms with Gasteiger partial charge in [0, 0.05) is 112 Å². The Hall–Kier alpha value is -14.6. The number of nitrogens with one attached hydrogen (secondary N) is 1. The molecule has 2 saturated heterocycles. The highest BCUT2D eigenvalue weighted by atomic mass is 79.9. The van der Waals surface area contributed by atoms with Crippen LogP contribution in [0.25, 0.3) is 16.6 Å². The fraction of sp³-hybridized carbons (Fsp3) is 0.391. The van der Waals surface area contributed by atoms with Crippen LogP contribution in [0.1, 0.15) is 251 Å². The molecule has 0 atom stereocenters. The summed E-state index contributed by atoms with van der Waals surface area (Å²) in [5, 5.41) is 18.2. The van der Waals surface area contributed by atoms with E-state index in [-0.39, 0.29) is 59.9 Å². The predicted octanol–water partition coefficient (Wildman–Crippen LogP) is 24.3. The second-order valence-corrected chi connectivity index (χ2v) is 41.0. The highest BCUT2D eigenvalue weighted by Gasteiger charge is 2.35. The van der Waals surface area contributed by atoms with Crippen LogP contribution in [0.4, 0.5) is 24.9 Å². The van der Waals surface area contributed by atoms with Gasteiger partial charge in [0.15, 0.2) is 5.82 Å². The van der Waals surface area contributed by atoms with Crippen molar-refractivity contribution in [2.45, 2.75) is 222 Å². The van der Waals surface area contributed by atoms with E-state index in [1.807, 2.05) is 186 Å². The molecule has 6 aromatic carbocycles. The summed E-state index contributed by atoms with van der Waals surface area (Å²) in [7, 11) is 5.61. The maximum Gasteiger partial charge on any atom is 0.410 e. The van der Waals surface area contributed by atoms with Crippen LogP contribution < -0.4 is 18.9 Å². The summed E-state index contributed by atoms with van der Waals surface area (Å²) in [6.07, 6.45) is 17.0. The smallest absolute Gasteiger partial charge is 0.410 e. The molecule has 0 spiro atoms. The molecule has 149 heavy (non-hydrogen) atoms. The molecule has 788 valence electrons. The topological polar surface area (TPSA) is 384 Å². The zero-order valence-corrected chi connectivity index (χ0v) is 90.1. The number of H-pyrrole nitrogens is 1. The van der Waals surface area contributed by atoms with Crippen molar-refractivity contribution in [3.8, 4) is 46.5 Å². The number of rotatable bonds is 20. The number of pyridine rings is 4. The van der Waals surface area contributed by atoms with E-state index in [1.54, 1.807) is 196 Å². The normalized spacial score (nSPS) is 14.1. The molecule has 0 saturated carbocycles. The van der Waals surface area contributed by atoms with E-state index < -0.39 is 33.6 Å². The first-order valence-corrected chi connectivity index (χ1v) is 50.6. The van der Waals surface area contributed by atoms with Crippen LogP contribution >= 0.6 is 15.9 Å². The molecular weight excluding hydrogens is 1960 g/mol. The Morgan fingerprint density at radius 3 is 1.15 bits per heavy atom. The number of aromatic nitrogens is 6. The molecule has 32 nitrogen and oxygen atoms in total. The summed E-state index contributed by atoms with van der Waals surface area (Å²) in [6, 6.07) is 58.3. The number of hydrogen-bond acceptors (Lipinski definition) is 27. The van der Waals surface area contributed by atoms with Crippen LogP contribution in [0.15, 0.2) is 246 Å². The van der Waals surface area contributed by atoms with Crippen LogP contribution in [-0.2, 0) is 39.6 Å². The number of aromatic amines is 1. The van der Waals surface area contributed by atoms with Crippen molar-refractivity contribution in [2.24, 2.45) is 4.99 Å². The van der Waals surface area contributed by atoms with E-state index in [0.29, 0.717) is 153 Å². The van der Waals surface area contributed by atoms with Crippen molar-refractivity contribution in [3.05, 3.63) is 291 Å². The molecule has 34 heteroatoms. The Bertz CT molecular complexity index is 6340. The van der Waals surface area contributed by atoms with Gasteiger partial charge < -0.3 is 86.9 Å². The van der Waals surface area contributed by atoms with Gasteiger partial charge in [-0.25, -0.2) is 58.5 Å². The number of esters is 3. The van der Waals surface area contributed by atoms with E-state index >= 15 is 0 Å². The second kappa shape index (κ2) is 54.3. The Labute approximate surface area is 882 Å². The summed E-state index contributed by atoms with van der Waals surface area (Å²) >= 11 is 3.35. The minimum absolute atomic E-state index is 0.182. The molecule has 3 N–H and O–H groups in total. The first kappa shape index (κ1) is 116. The number of carbonyl (C=O) groups is 8. The Balaban J connectivity index is 0.000000187. The van der Waals surface area contributed by atoms with Crippen LogP contribution in [0.3, 0.4) is 0 Å². The number of para-hydroxylation sites is 3. The van der Waals surface area contributed by atoms with Gasteiger partial charge in [-0.3, -0.25) is 9.79 Å². The standard InChI is InChI=1S/C29H30N4O4.C24H30N2O5.C24H28N2O5.C14H12BrNO3.C10H16BNO2.C8H7N.C6H14O2/c1-29(2,3)37-28(35)33-17-14-19(15-18-33)22-7-6-16-30-27(22)36-21-12-10-20(11-13-21)25(34)26-31-23-8-4-5-9-24(23)32-26;2*1-5-29-22(27)18-8-10-19(11-9-18)30-21-20(7-6-14-25-21)17-12-15-26(16-13-17)23(28)31-24(2,3)4;1-2-18-14(17)10-5-7-11(8-6-10)19-13-12(15)4-3-9-16-13;1-10(2,3)14-9(13)12-6-4-8(11)5-7-12;1-2-4-8-7(3-1)5-6-9-8;1-5(2,7)6(3,4)8/h4-13,16,19H,14-15,17-18H2,1-3H3,(H,31,32);6-11,14,17H,5,12-13,15-16H2,1-4H3;6-12,14H,5,13,15-16H2,1-4H3;3-9H,2H2,1H3;4H,5-7H2,1-3H3;1-4,6H,5H2;7-8H,1-4H3. The van der Waals surface area contributed by atoms with Crippen molar-refractivity contribution >= 4 is 100 Å². The molecule has 2 radical (unpaired) electrons. The lowest BCUT2D eigenvalue weighted by Crippen LogP contribution is -2.44. The lowest BCUT2D eigenvalue weighted by atomic mass is 9.90. The zero-order valence-electron chi connectivity index (χ0n) is 88.5. The van der Waals surface area contributed by atoms with Crippen LogP contribution in [-0.4, -0.2) is 228 Å². The van der Waals surface area contributed by atoms with E-state index in [9.17, 15) is 38.4 Å². The number of aliphatic hydroxyl groups is 2. The molecule has 4 amide bonds. The van der Waals surface area contributed by atoms with E-state index in [4.69, 9.17) is 70.2 Å². The monoisotopic (exact) mass is 2100 g/mol. The summed E-state index contributed by atoms with van der Waals surface area (Å²) < 4.78 is 61.1. The number of halogens is 1. The number of likely N-dealkylation sites (tertiary alicyclic amines) is 2. The number of benzene rings is 6. The molecule has 10 heterocycles. The van der Waals surface area contributed by atoms with Gasteiger partial charge in [0.25, 0.3) is 0 Å². The Kier molecular flexibility index (Phi) is 42.4. The quantitative estimate of drug-likeness (QED) is 0.0276. The first-order valence-electron chi connectivity index (χ1n) is 49.8. The molecule has 0 unspecified atom stereocenters. The summed E-state index contributed by atoms with van der Waals surface area (Å²) in [5.41, 5.74) is 6.86. The number of ketones is 1. The van der Waals surface area contributed by atoms with Gasteiger partial charge in [-0.1, -0.05) is 54.6 Å². The molecule has 16 rings (SSSR count). The highest BCUT2D eigenvalue weighted by Crippen LogP contribution is 2.40. The number of imidazole rings is 1. The number of hydrogen-bond donors (Lipinski definition) is 3. The first-order chi connectivity index (χ1) is 70.6. The predicted molar refractivity (Wildman–Crippen MR) is 575 cm³/mol. The van der Waals surface area contributed by atoms with E-state index in [1.165, 1.54) is 5.56 Å². The van der Waals surface area contributed by atoms with Gasteiger partial charge in [0.1, 0.15) is 53.2 Å². The van der Waals surface area contributed by atoms with Gasteiger partial charge in [-0.05, 0) is 361 Å². The van der Waals surface area contributed by atoms with Crippen molar-refractivity contribution < 1.29 is 101 Å². The lowest BCUT2D eigenvalue weighted by molar-refractivity contribution is -0.107.